The predicted molar refractivity (Wildman–Crippen MR) is 70.8 cm³/mol. The molecule has 0 aromatic carbocycles. The Morgan fingerprint density at radius 2 is 2.19 bits per heavy atom. The molecule has 0 fully saturated rings. The van der Waals surface area contributed by atoms with E-state index >= 15 is 0 Å². The van der Waals surface area contributed by atoms with Gasteiger partial charge in [-0.15, -0.1) is 0 Å². The third-order valence-electron chi connectivity index (χ3n) is 2.91. The van der Waals surface area contributed by atoms with Crippen LogP contribution in [0, 0.1) is 0 Å². The average molecular weight is 238 g/mol. The van der Waals surface area contributed by atoms with Gasteiger partial charge in [-0.1, -0.05) is 19.6 Å². The number of nitrogens with one attached hydrogen (secondary N) is 2. The molecule has 0 saturated carbocycles. The van der Waals surface area contributed by atoms with Crippen LogP contribution in [0.3, 0.4) is 0 Å². The second kappa shape index (κ2) is 4.63. The number of fused-ring (bicyclic) bond motifs is 1. The van der Waals surface area contributed by atoms with Crippen LogP contribution in [0.1, 0.15) is 11.3 Å². The van der Waals surface area contributed by atoms with Gasteiger partial charge in [-0.05, 0) is 24.1 Å². The molecule has 0 saturated heterocycles. The second-order valence-electron chi connectivity index (χ2n) is 5.73. The number of hydrogen-bond acceptors (Lipinski definition) is 2. The fourth-order valence-electron chi connectivity index (χ4n) is 1.87. The molecule has 0 amide bonds. The molecule has 90 valence electrons. The van der Waals surface area contributed by atoms with E-state index in [2.05, 4.69) is 36.0 Å². The smallest absolute Gasteiger partial charge is 0.106 e. The van der Waals surface area contributed by atoms with Gasteiger partial charge < -0.3 is 15.0 Å². The van der Waals surface area contributed by atoms with Crippen LogP contribution in [-0.2, 0) is 17.8 Å². The Hall–Kier alpha value is -0.743. The Balaban J connectivity index is 1.73. The lowest BCUT2D eigenvalue weighted by molar-refractivity contribution is 0.131. The van der Waals surface area contributed by atoms with Crippen LogP contribution in [0.15, 0.2) is 6.07 Å². The zero-order valence-electron chi connectivity index (χ0n) is 10.5. The number of aromatic nitrogens is 1. The first-order chi connectivity index (χ1) is 7.54. The molecule has 2 N–H and O–H groups in total. The third kappa shape index (κ3) is 3.12. The van der Waals surface area contributed by atoms with Crippen LogP contribution >= 0.6 is 0 Å². The lowest BCUT2D eigenvalue weighted by Crippen LogP contribution is -2.21. The normalized spacial score (nSPS) is 14.9. The molecule has 0 radical (unpaired) electrons. The molecule has 0 atom stereocenters. The predicted octanol–water partition coefficient (Wildman–Crippen LogP) is 2.84. The molecule has 2 rings (SSSR count). The van der Waals surface area contributed by atoms with E-state index in [1.807, 2.05) is 0 Å². The van der Waals surface area contributed by atoms with E-state index in [-0.39, 0.29) is 0 Å². The standard InChI is InChI=1S/C12H22N2OSi/c1-16(2,3)7-6-15-9-11-8-10-4-5-13-12(10)14-11/h8,13-14H,4-7,9H2,1-3H3. The summed E-state index contributed by atoms with van der Waals surface area (Å²) >= 11 is 0. The van der Waals surface area contributed by atoms with Crippen LogP contribution in [0.5, 0.6) is 0 Å². The maximum atomic E-state index is 5.71. The summed E-state index contributed by atoms with van der Waals surface area (Å²) in [5.74, 6) is 1.20. The van der Waals surface area contributed by atoms with Gasteiger partial charge in [-0.25, -0.2) is 0 Å². The van der Waals surface area contributed by atoms with E-state index in [1.165, 1.54) is 23.1 Å². The SMILES string of the molecule is C[Si](C)(C)CCOCc1cc2c([nH]1)NCC2. The fraction of sp³-hybridized carbons (Fsp3) is 0.667. The Bertz CT molecular complexity index is 333. The molecule has 1 aliphatic heterocycles. The highest BCUT2D eigenvalue weighted by Crippen LogP contribution is 2.22. The van der Waals surface area contributed by atoms with Gasteiger partial charge >= 0.3 is 0 Å². The van der Waals surface area contributed by atoms with Gasteiger partial charge in [0.15, 0.2) is 0 Å². The number of rotatable bonds is 5. The molecular weight excluding hydrogens is 216 g/mol. The van der Waals surface area contributed by atoms with Gasteiger partial charge in [-0.2, -0.15) is 0 Å². The van der Waals surface area contributed by atoms with E-state index < -0.39 is 8.07 Å². The lowest BCUT2D eigenvalue weighted by atomic mass is 10.2. The molecule has 1 aromatic rings. The summed E-state index contributed by atoms with van der Waals surface area (Å²) < 4.78 is 5.71. The summed E-state index contributed by atoms with van der Waals surface area (Å²) in [5.41, 5.74) is 2.61. The van der Waals surface area contributed by atoms with Crippen LogP contribution in [0.2, 0.25) is 25.7 Å². The van der Waals surface area contributed by atoms with Crippen molar-refractivity contribution < 1.29 is 4.74 Å². The van der Waals surface area contributed by atoms with Crippen molar-refractivity contribution in [3.8, 4) is 0 Å². The van der Waals surface area contributed by atoms with Crippen molar-refractivity contribution in [1.29, 1.82) is 0 Å². The van der Waals surface area contributed by atoms with E-state index in [0.29, 0.717) is 0 Å². The van der Waals surface area contributed by atoms with Gasteiger partial charge in [0.05, 0.1) is 6.61 Å². The molecule has 1 aromatic heterocycles. The fourth-order valence-corrected chi connectivity index (χ4v) is 2.63. The molecule has 3 nitrogen and oxygen atoms in total. The monoisotopic (exact) mass is 238 g/mol. The molecule has 16 heavy (non-hydrogen) atoms. The number of anilines is 1. The molecule has 0 bridgehead atoms. The topological polar surface area (TPSA) is 37.0 Å². The maximum absolute atomic E-state index is 5.71. The molecule has 0 spiro atoms. The zero-order chi connectivity index (χ0) is 11.6. The molecule has 2 heterocycles. The van der Waals surface area contributed by atoms with Gasteiger partial charge in [0, 0.05) is 26.9 Å². The Morgan fingerprint density at radius 3 is 2.88 bits per heavy atom. The molecular formula is C12H22N2OSi. The second-order valence-corrected chi connectivity index (χ2v) is 11.4. The highest BCUT2D eigenvalue weighted by molar-refractivity contribution is 6.76. The minimum Gasteiger partial charge on any atom is -0.376 e. The summed E-state index contributed by atoms with van der Waals surface area (Å²) in [6.45, 7) is 9.82. The average Bonchev–Trinajstić information content (AvgIpc) is 2.70. The van der Waals surface area contributed by atoms with Crippen molar-refractivity contribution in [2.45, 2.75) is 38.7 Å². The molecule has 4 heteroatoms. The van der Waals surface area contributed by atoms with Gasteiger partial charge in [0.2, 0.25) is 0 Å². The molecule has 0 aliphatic carbocycles. The highest BCUT2D eigenvalue weighted by Gasteiger charge is 2.14. The van der Waals surface area contributed by atoms with Crippen molar-refractivity contribution in [2.24, 2.45) is 0 Å². The van der Waals surface area contributed by atoms with Crippen molar-refractivity contribution >= 4 is 13.9 Å². The van der Waals surface area contributed by atoms with Crippen molar-refractivity contribution in [3.63, 3.8) is 0 Å². The third-order valence-corrected chi connectivity index (χ3v) is 4.61. The van der Waals surface area contributed by atoms with Crippen LogP contribution in [0.4, 0.5) is 5.82 Å². The van der Waals surface area contributed by atoms with E-state index in [4.69, 9.17) is 4.74 Å². The van der Waals surface area contributed by atoms with Crippen LogP contribution < -0.4 is 5.32 Å². The number of ether oxygens (including phenoxy) is 1. The van der Waals surface area contributed by atoms with Crippen LogP contribution in [0.25, 0.3) is 0 Å². The van der Waals surface area contributed by atoms with E-state index in [9.17, 15) is 0 Å². The summed E-state index contributed by atoms with van der Waals surface area (Å²) in [6, 6.07) is 3.47. The Labute approximate surface area is 98.6 Å². The van der Waals surface area contributed by atoms with Gasteiger partial charge in [-0.3, -0.25) is 0 Å². The highest BCUT2D eigenvalue weighted by atomic mass is 28.3. The maximum Gasteiger partial charge on any atom is 0.106 e. The summed E-state index contributed by atoms with van der Waals surface area (Å²) in [5, 5.41) is 3.33. The number of H-pyrrole nitrogens is 1. The zero-order valence-corrected chi connectivity index (χ0v) is 11.5. The number of aromatic amines is 1. The van der Waals surface area contributed by atoms with Crippen molar-refractivity contribution in [2.75, 3.05) is 18.5 Å². The molecule has 0 unspecified atom stereocenters. The summed E-state index contributed by atoms with van der Waals surface area (Å²) in [6.07, 6.45) is 1.14. The van der Waals surface area contributed by atoms with Gasteiger partial charge in [0.25, 0.3) is 0 Å². The minimum absolute atomic E-state index is 0.721. The van der Waals surface area contributed by atoms with Crippen LogP contribution in [-0.4, -0.2) is 26.2 Å². The summed E-state index contributed by atoms with van der Waals surface area (Å²) in [4.78, 5) is 3.37. The van der Waals surface area contributed by atoms with E-state index in [0.717, 1.165) is 26.2 Å². The first kappa shape index (κ1) is 11.7. The minimum atomic E-state index is -0.944. The van der Waals surface area contributed by atoms with Gasteiger partial charge in [0.1, 0.15) is 5.82 Å². The number of hydrogen-bond donors (Lipinski definition) is 2. The lowest BCUT2D eigenvalue weighted by Gasteiger charge is -2.15. The van der Waals surface area contributed by atoms with Crippen molar-refractivity contribution in [3.05, 3.63) is 17.3 Å². The summed E-state index contributed by atoms with van der Waals surface area (Å²) in [7, 11) is -0.944. The Kier molecular flexibility index (Phi) is 3.40. The largest absolute Gasteiger partial charge is 0.376 e. The Morgan fingerprint density at radius 1 is 1.38 bits per heavy atom. The quantitative estimate of drug-likeness (QED) is 0.611. The molecule has 1 aliphatic rings. The van der Waals surface area contributed by atoms with Crippen molar-refractivity contribution in [1.82, 2.24) is 4.98 Å². The first-order valence-electron chi connectivity index (χ1n) is 6.07. The van der Waals surface area contributed by atoms with E-state index in [1.54, 1.807) is 0 Å². The first-order valence-corrected chi connectivity index (χ1v) is 9.78.